The maximum absolute atomic E-state index is 13.4. The average molecular weight is 333 g/mol. The van der Waals surface area contributed by atoms with Crippen LogP contribution in [0.5, 0.6) is 5.75 Å². The Morgan fingerprint density at radius 3 is 2.86 bits per heavy atom. The highest BCUT2D eigenvalue weighted by molar-refractivity contribution is 5.85. The van der Waals surface area contributed by atoms with E-state index in [4.69, 9.17) is 15.2 Å². The molecule has 7 heteroatoms. The highest BCUT2D eigenvalue weighted by Crippen LogP contribution is 2.19. The highest BCUT2D eigenvalue weighted by Gasteiger charge is 2.29. The molecule has 2 rings (SSSR count). The Kier molecular flexibility index (Phi) is 7.58. The molecule has 0 aromatic heterocycles. The Bertz CT molecular complexity index is 490. The summed E-state index contributed by atoms with van der Waals surface area (Å²) in [5.74, 6) is -0.407. The molecule has 3 atom stereocenters. The first-order valence-corrected chi connectivity index (χ1v) is 7.14. The highest BCUT2D eigenvalue weighted by atomic mass is 35.5. The average Bonchev–Trinajstić information content (AvgIpc) is 2.96. The summed E-state index contributed by atoms with van der Waals surface area (Å²) in [5.41, 5.74) is 5.51. The van der Waals surface area contributed by atoms with Crippen LogP contribution in [0.1, 0.15) is 19.8 Å². The number of rotatable bonds is 6. The second-order valence-corrected chi connectivity index (χ2v) is 5.16. The van der Waals surface area contributed by atoms with Gasteiger partial charge in [-0.2, -0.15) is 0 Å². The number of nitrogens with one attached hydrogen (secondary N) is 1. The van der Waals surface area contributed by atoms with Crippen molar-refractivity contribution in [2.75, 3.05) is 13.1 Å². The molecule has 0 aliphatic carbocycles. The summed E-state index contributed by atoms with van der Waals surface area (Å²) in [6, 6.07) is 6.18. The van der Waals surface area contributed by atoms with Crippen LogP contribution in [0.15, 0.2) is 24.3 Å². The molecular formula is C15H22ClFN2O3. The van der Waals surface area contributed by atoms with Gasteiger partial charge >= 0.3 is 0 Å². The standard InChI is InChI=1S/C15H21FN2O3.ClH/c1-10(20-13-5-3-2-4-12(13)16)9-18-15(19)14-7-6-11(8-17)21-14;/h2-5,10-11,14H,6-9,17H2,1H3,(H,18,19);1H/t10?,11-,14+;/m1./s1. The van der Waals surface area contributed by atoms with Crippen LogP contribution in [0, 0.1) is 5.82 Å². The number of para-hydroxylation sites is 1. The quantitative estimate of drug-likeness (QED) is 0.830. The van der Waals surface area contributed by atoms with Gasteiger partial charge in [0.15, 0.2) is 11.6 Å². The lowest BCUT2D eigenvalue weighted by Gasteiger charge is -2.17. The maximum Gasteiger partial charge on any atom is 0.249 e. The van der Waals surface area contributed by atoms with Gasteiger partial charge < -0.3 is 20.5 Å². The van der Waals surface area contributed by atoms with Gasteiger partial charge in [-0.1, -0.05) is 12.1 Å². The number of halogens is 2. The lowest BCUT2D eigenvalue weighted by atomic mass is 10.2. The van der Waals surface area contributed by atoms with E-state index in [0.717, 1.165) is 6.42 Å². The molecule has 1 aromatic rings. The molecule has 0 radical (unpaired) electrons. The molecule has 1 fully saturated rings. The molecule has 1 aromatic carbocycles. The fourth-order valence-corrected chi connectivity index (χ4v) is 2.23. The van der Waals surface area contributed by atoms with Gasteiger partial charge in [-0.3, -0.25) is 4.79 Å². The van der Waals surface area contributed by atoms with E-state index in [1.165, 1.54) is 6.07 Å². The van der Waals surface area contributed by atoms with Gasteiger partial charge in [-0.25, -0.2) is 4.39 Å². The first-order valence-electron chi connectivity index (χ1n) is 7.14. The van der Waals surface area contributed by atoms with E-state index in [1.807, 2.05) is 0 Å². The molecule has 0 saturated carbocycles. The first kappa shape index (κ1) is 18.7. The summed E-state index contributed by atoms with van der Waals surface area (Å²) in [7, 11) is 0. The first-order chi connectivity index (χ1) is 10.1. The minimum Gasteiger partial charge on any atom is -0.486 e. The number of nitrogens with two attached hydrogens (primary N) is 1. The Hall–Kier alpha value is -1.37. The number of hydrogen-bond acceptors (Lipinski definition) is 4. The lowest BCUT2D eigenvalue weighted by molar-refractivity contribution is -0.132. The van der Waals surface area contributed by atoms with Crippen LogP contribution in [0.25, 0.3) is 0 Å². The van der Waals surface area contributed by atoms with Crippen LogP contribution in [0.3, 0.4) is 0 Å². The van der Waals surface area contributed by atoms with Crippen LogP contribution >= 0.6 is 12.4 Å². The molecule has 1 aliphatic heterocycles. The van der Waals surface area contributed by atoms with E-state index < -0.39 is 11.9 Å². The molecule has 124 valence electrons. The summed E-state index contributed by atoms with van der Waals surface area (Å²) in [4.78, 5) is 11.9. The Morgan fingerprint density at radius 2 is 2.23 bits per heavy atom. The van der Waals surface area contributed by atoms with Gasteiger partial charge in [0, 0.05) is 6.54 Å². The summed E-state index contributed by atoms with van der Waals surface area (Å²) in [6.45, 7) is 2.49. The van der Waals surface area contributed by atoms with Gasteiger partial charge in [0.1, 0.15) is 12.2 Å². The topological polar surface area (TPSA) is 73.6 Å². The molecule has 1 aliphatic rings. The van der Waals surface area contributed by atoms with E-state index >= 15 is 0 Å². The van der Waals surface area contributed by atoms with Crippen molar-refractivity contribution in [3.8, 4) is 5.75 Å². The monoisotopic (exact) mass is 332 g/mol. The summed E-state index contributed by atoms with van der Waals surface area (Å²) >= 11 is 0. The van der Waals surface area contributed by atoms with Crippen molar-refractivity contribution in [1.82, 2.24) is 5.32 Å². The SMILES string of the molecule is CC(CNC(=O)[C@@H]1CC[C@H](CN)O1)Oc1ccccc1F.Cl. The van der Waals surface area contributed by atoms with Gasteiger partial charge in [-0.05, 0) is 31.9 Å². The van der Waals surface area contributed by atoms with Crippen LogP contribution in [0.4, 0.5) is 4.39 Å². The molecule has 5 nitrogen and oxygen atoms in total. The van der Waals surface area contributed by atoms with Crippen LogP contribution in [-0.4, -0.2) is 37.3 Å². The largest absolute Gasteiger partial charge is 0.486 e. The van der Waals surface area contributed by atoms with Crippen molar-refractivity contribution in [2.24, 2.45) is 5.73 Å². The van der Waals surface area contributed by atoms with Gasteiger partial charge in [0.25, 0.3) is 0 Å². The van der Waals surface area contributed by atoms with Crippen molar-refractivity contribution in [2.45, 2.75) is 38.1 Å². The summed E-state index contributed by atoms with van der Waals surface area (Å²) in [5, 5.41) is 2.76. The van der Waals surface area contributed by atoms with E-state index in [-0.39, 0.29) is 36.3 Å². The molecule has 22 heavy (non-hydrogen) atoms. The predicted molar refractivity (Wildman–Crippen MR) is 83.7 cm³/mol. The van der Waals surface area contributed by atoms with Crippen molar-refractivity contribution >= 4 is 18.3 Å². The number of carbonyl (C=O) groups is 1. The molecular weight excluding hydrogens is 311 g/mol. The fraction of sp³-hybridized carbons (Fsp3) is 0.533. The minimum absolute atomic E-state index is 0. The zero-order valence-electron chi connectivity index (χ0n) is 12.5. The third-order valence-corrected chi connectivity index (χ3v) is 3.39. The van der Waals surface area contributed by atoms with Crippen molar-refractivity contribution in [3.63, 3.8) is 0 Å². The number of benzene rings is 1. The molecule has 1 saturated heterocycles. The maximum atomic E-state index is 13.4. The summed E-state index contributed by atoms with van der Waals surface area (Å²) < 4.78 is 24.4. The number of carbonyl (C=O) groups excluding carboxylic acids is 1. The van der Waals surface area contributed by atoms with Crippen molar-refractivity contribution < 1.29 is 18.7 Å². The number of amides is 1. The van der Waals surface area contributed by atoms with Crippen LogP contribution in [-0.2, 0) is 9.53 Å². The zero-order valence-corrected chi connectivity index (χ0v) is 13.3. The molecule has 3 N–H and O–H groups in total. The number of hydrogen-bond donors (Lipinski definition) is 2. The Morgan fingerprint density at radius 1 is 1.50 bits per heavy atom. The molecule has 1 unspecified atom stereocenters. The Labute approximate surface area is 135 Å². The predicted octanol–water partition coefficient (Wildman–Crippen LogP) is 1.64. The lowest BCUT2D eigenvalue weighted by Crippen LogP contribution is -2.40. The van der Waals surface area contributed by atoms with Gasteiger partial charge in [0.2, 0.25) is 5.91 Å². The zero-order chi connectivity index (χ0) is 15.2. The smallest absolute Gasteiger partial charge is 0.249 e. The van der Waals surface area contributed by atoms with E-state index in [2.05, 4.69) is 5.32 Å². The molecule has 0 bridgehead atoms. The van der Waals surface area contributed by atoms with Crippen molar-refractivity contribution in [3.05, 3.63) is 30.1 Å². The van der Waals surface area contributed by atoms with Crippen LogP contribution < -0.4 is 15.8 Å². The molecule has 0 spiro atoms. The van der Waals surface area contributed by atoms with Gasteiger partial charge in [0.05, 0.1) is 12.6 Å². The molecule has 1 amide bonds. The van der Waals surface area contributed by atoms with Crippen LogP contribution in [0.2, 0.25) is 0 Å². The number of ether oxygens (including phenoxy) is 2. The van der Waals surface area contributed by atoms with Crippen molar-refractivity contribution in [1.29, 1.82) is 0 Å². The third kappa shape index (κ3) is 5.12. The third-order valence-electron chi connectivity index (χ3n) is 3.39. The Balaban J connectivity index is 0.00000242. The van der Waals surface area contributed by atoms with E-state index in [0.29, 0.717) is 19.5 Å². The summed E-state index contributed by atoms with van der Waals surface area (Å²) in [6.07, 6.45) is 0.663. The normalized spacial score (nSPS) is 21.8. The fourth-order valence-electron chi connectivity index (χ4n) is 2.23. The second kappa shape index (κ2) is 8.92. The molecule has 1 heterocycles. The minimum atomic E-state index is -0.445. The van der Waals surface area contributed by atoms with E-state index in [9.17, 15) is 9.18 Å². The second-order valence-electron chi connectivity index (χ2n) is 5.16. The van der Waals surface area contributed by atoms with Gasteiger partial charge in [-0.15, -0.1) is 12.4 Å². The van der Waals surface area contributed by atoms with E-state index in [1.54, 1.807) is 25.1 Å².